The van der Waals surface area contributed by atoms with Crippen molar-refractivity contribution in [2.45, 2.75) is 20.4 Å². The first kappa shape index (κ1) is 20.4. The molecule has 9 heteroatoms. The quantitative estimate of drug-likeness (QED) is 0.588. The molecule has 0 radical (unpaired) electrons. The van der Waals surface area contributed by atoms with Gasteiger partial charge >= 0.3 is 6.03 Å². The second-order valence-corrected chi connectivity index (χ2v) is 7.49. The lowest BCUT2D eigenvalue weighted by atomic mass is 10.2. The number of aromatic nitrogens is 3. The number of hydrogen-bond acceptors (Lipinski definition) is 5. The number of rotatable bonds is 5. The highest BCUT2D eigenvalue weighted by Gasteiger charge is 2.16. The van der Waals surface area contributed by atoms with Gasteiger partial charge in [-0.1, -0.05) is 6.07 Å². The molecule has 0 bridgehead atoms. The number of piperazine rings is 1. The second-order valence-electron chi connectivity index (χ2n) is 7.49. The normalized spacial score (nSPS) is 13.6. The van der Waals surface area contributed by atoms with Crippen molar-refractivity contribution in [1.82, 2.24) is 25.4 Å². The molecule has 1 aliphatic heterocycles. The highest BCUT2D eigenvalue weighted by Crippen LogP contribution is 2.18. The molecule has 1 aromatic carbocycles. The van der Waals surface area contributed by atoms with Crippen LogP contribution in [0.3, 0.4) is 0 Å². The van der Waals surface area contributed by atoms with Gasteiger partial charge in [0, 0.05) is 42.9 Å². The van der Waals surface area contributed by atoms with Crippen LogP contribution in [0.4, 0.5) is 16.2 Å². The lowest BCUT2D eigenvalue weighted by molar-refractivity contribution is -0.120. The zero-order valence-corrected chi connectivity index (χ0v) is 17.6. The Hall–Kier alpha value is -3.88. The highest BCUT2D eigenvalue weighted by atomic mass is 16.2. The fourth-order valence-corrected chi connectivity index (χ4v) is 3.48. The van der Waals surface area contributed by atoms with Crippen molar-refractivity contribution < 1.29 is 9.59 Å². The summed E-state index contributed by atoms with van der Waals surface area (Å²) in [6.45, 7) is 6.04. The molecule has 0 spiro atoms. The van der Waals surface area contributed by atoms with Gasteiger partial charge in [0.1, 0.15) is 0 Å². The molecule has 0 aliphatic carbocycles. The summed E-state index contributed by atoms with van der Waals surface area (Å²) >= 11 is 0. The number of urea groups is 1. The molecular formula is C22H25N7O2. The Morgan fingerprint density at radius 2 is 1.97 bits per heavy atom. The molecule has 9 nitrogen and oxygen atoms in total. The molecule has 3 aromatic rings. The van der Waals surface area contributed by atoms with E-state index >= 15 is 0 Å². The molecule has 4 rings (SSSR count). The van der Waals surface area contributed by atoms with Gasteiger partial charge in [0.15, 0.2) is 5.82 Å². The maximum Gasteiger partial charge on any atom is 0.319 e. The van der Waals surface area contributed by atoms with Crippen molar-refractivity contribution in [2.75, 3.05) is 29.9 Å². The maximum absolute atomic E-state index is 12.2. The Morgan fingerprint density at radius 1 is 1.16 bits per heavy atom. The van der Waals surface area contributed by atoms with Gasteiger partial charge in [-0.3, -0.25) is 4.79 Å². The van der Waals surface area contributed by atoms with Crippen molar-refractivity contribution in [3.05, 3.63) is 65.6 Å². The molecule has 160 valence electrons. The molecule has 31 heavy (non-hydrogen) atoms. The number of aryl methyl sites for hydroxylation is 2. The van der Waals surface area contributed by atoms with Gasteiger partial charge in [0.2, 0.25) is 5.91 Å². The summed E-state index contributed by atoms with van der Waals surface area (Å²) in [5.74, 6) is 0.760. The van der Waals surface area contributed by atoms with E-state index in [4.69, 9.17) is 0 Å². The van der Waals surface area contributed by atoms with E-state index in [0.29, 0.717) is 25.3 Å². The van der Waals surface area contributed by atoms with E-state index in [0.717, 1.165) is 35.0 Å². The molecule has 3 N–H and O–H groups in total. The lowest BCUT2D eigenvalue weighted by Gasteiger charge is -2.28. The highest BCUT2D eigenvalue weighted by molar-refractivity contribution is 5.89. The van der Waals surface area contributed by atoms with Crippen LogP contribution in [0.5, 0.6) is 0 Å². The number of nitrogens with one attached hydrogen (secondary N) is 3. The Balaban J connectivity index is 1.29. The zero-order valence-electron chi connectivity index (χ0n) is 17.6. The molecule has 2 aromatic heterocycles. The van der Waals surface area contributed by atoms with Crippen LogP contribution in [-0.2, 0) is 11.3 Å². The Bertz CT molecular complexity index is 1070. The summed E-state index contributed by atoms with van der Waals surface area (Å²) in [7, 11) is 0. The first-order valence-electron chi connectivity index (χ1n) is 10.1. The number of anilines is 2. The van der Waals surface area contributed by atoms with E-state index in [1.807, 2.05) is 61.2 Å². The minimum atomic E-state index is -0.298. The average molecular weight is 419 g/mol. The molecule has 1 saturated heterocycles. The third-order valence-electron chi connectivity index (χ3n) is 5.02. The van der Waals surface area contributed by atoms with E-state index in [2.05, 4.69) is 26.0 Å². The molecule has 1 fully saturated rings. The van der Waals surface area contributed by atoms with Gasteiger partial charge in [-0.05, 0) is 55.8 Å². The van der Waals surface area contributed by atoms with E-state index in [1.165, 1.54) is 0 Å². The van der Waals surface area contributed by atoms with Gasteiger partial charge in [-0.25, -0.2) is 14.5 Å². The van der Waals surface area contributed by atoms with E-state index in [-0.39, 0.29) is 11.9 Å². The van der Waals surface area contributed by atoms with Gasteiger partial charge in [0.05, 0.1) is 12.2 Å². The SMILES string of the molecule is Cc1cc(C)n(-c2ccc(CNC(=O)Nc3ccc(N4CCNC(=O)C4)cc3)cn2)n1. The van der Waals surface area contributed by atoms with Crippen LogP contribution in [0, 0.1) is 13.8 Å². The van der Waals surface area contributed by atoms with Crippen molar-refractivity contribution in [2.24, 2.45) is 0 Å². The van der Waals surface area contributed by atoms with Crippen LogP contribution >= 0.6 is 0 Å². The number of amides is 3. The number of pyridine rings is 1. The molecule has 0 atom stereocenters. The van der Waals surface area contributed by atoms with Crippen molar-refractivity contribution >= 4 is 23.3 Å². The average Bonchev–Trinajstić information content (AvgIpc) is 3.11. The Labute approximate surface area is 180 Å². The van der Waals surface area contributed by atoms with Gasteiger partial charge in [0.25, 0.3) is 0 Å². The minimum Gasteiger partial charge on any atom is -0.360 e. The fraction of sp³-hybridized carbons (Fsp3) is 0.273. The predicted molar refractivity (Wildman–Crippen MR) is 118 cm³/mol. The number of benzene rings is 1. The van der Waals surface area contributed by atoms with Crippen LogP contribution in [0.25, 0.3) is 5.82 Å². The smallest absolute Gasteiger partial charge is 0.319 e. The van der Waals surface area contributed by atoms with Crippen LogP contribution in [0.15, 0.2) is 48.7 Å². The molecular weight excluding hydrogens is 394 g/mol. The van der Waals surface area contributed by atoms with Gasteiger partial charge < -0.3 is 20.9 Å². The molecule has 3 heterocycles. The van der Waals surface area contributed by atoms with Crippen molar-refractivity contribution in [3.8, 4) is 5.82 Å². The fourth-order valence-electron chi connectivity index (χ4n) is 3.48. The predicted octanol–water partition coefficient (Wildman–Crippen LogP) is 2.14. The molecule has 0 saturated carbocycles. The van der Waals surface area contributed by atoms with E-state index < -0.39 is 0 Å². The van der Waals surface area contributed by atoms with Gasteiger partial charge in [-0.2, -0.15) is 5.10 Å². The maximum atomic E-state index is 12.2. The van der Waals surface area contributed by atoms with Crippen LogP contribution in [0.1, 0.15) is 17.0 Å². The third kappa shape index (κ3) is 5.00. The van der Waals surface area contributed by atoms with Gasteiger partial charge in [-0.15, -0.1) is 0 Å². The number of hydrogen-bond donors (Lipinski definition) is 3. The Morgan fingerprint density at radius 3 is 2.61 bits per heavy atom. The summed E-state index contributed by atoms with van der Waals surface area (Å²) in [6.07, 6.45) is 1.73. The number of nitrogens with zero attached hydrogens (tertiary/aromatic N) is 4. The van der Waals surface area contributed by atoms with E-state index in [1.54, 1.807) is 10.9 Å². The first-order chi connectivity index (χ1) is 15.0. The van der Waals surface area contributed by atoms with Crippen LogP contribution < -0.4 is 20.9 Å². The first-order valence-corrected chi connectivity index (χ1v) is 10.1. The topological polar surface area (TPSA) is 104 Å². The summed E-state index contributed by atoms with van der Waals surface area (Å²) < 4.78 is 1.79. The second kappa shape index (κ2) is 8.86. The van der Waals surface area contributed by atoms with E-state index in [9.17, 15) is 9.59 Å². The zero-order chi connectivity index (χ0) is 21.8. The minimum absolute atomic E-state index is 0.0187. The molecule has 3 amide bonds. The lowest BCUT2D eigenvalue weighted by Crippen LogP contribution is -2.47. The van der Waals surface area contributed by atoms with Crippen LogP contribution in [-0.4, -0.2) is 46.3 Å². The summed E-state index contributed by atoms with van der Waals surface area (Å²) in [5, 5.41) is 12.9. The largest absolute Gasteiger partial charge is 0.360 e. The standard InChI is InChI=1S/C22H25N7O2/c1-15-11-16(2)29(27-15)20-8-3-17(12-24-20)13-25-22(31)26-18-4-6-19(7-5-18)28-10-9-23-21(30)14-28/h3-8,11-12H,9-10,13-14H2,1-2H3,(H,23,30)(H2,25,26,31). The van der Waals surface area contributed by atoms with Crippen molar-refractivity contribution in [3.63, 3.8) is 0 Å². The Kier molecular flexibility index (Phi) is 5.83. The van der Waals surface area contributed by atoms with Crippen LogP contribution in [0.2, 0.25) is 0 Å². The summed E-state index contributed by atoms with van der Waals surface area (Å²) in [4.78, 5) is 30.2. The third-order valence-corrected chi connectivity index (χ3v) is 5.02. The van der Waals surface area contributed by atoms with Crippen molar-refractivity contribution in [1.29, 1.82) is 0 Å². The summed E-state index contributed by atoms with van der Waals surface area (Å²) in [5.41, 5.74) is 4.48. The molecule has 0 unspecified atom stereocenters. The number of carbonyl (C=O) groups is 2. The molecule has 1 aliphatic rings. The summed E-state index contributed by atoms with van der Waals surface area (Å²) in [6, 6.07) is 12.9. The number of carbonyl (C=O) groups excluding carboxylic acids is 2. The monoisotopic (exact) mass is 419 g/mol.